The molecule has 5 nitrogen and oxygen atoms in total. The summed E-state index contributed by atoms with van der Waals surface area (Å²) >= 11 is 0. The lowest BCUT2D eigenvalue weighted by atomic mass is 10.2. The maximum Gasteiger partial charge on any atom is 0.317 e. The second-order valence-corrected chi connectivity index (χ2v) is 6.86. The lowest BCUT2D eigenvalue weighted by Crippen LogP contribution is -2.44. The highest BCUT2D eigenvalue weighted by Gasteiger charge is 2.26. The number of hydrogen-bond donors (Lipinski definition) is 1. The van der Waals surface area contributed by atoms with Crippen molar-refractivity contribution in [2.24, 2.45) is 0 Å². The number of nitrogens with one attached hydrogen (secondary N) is 1. The van der Waals surface area contributed by atoms with Gasteiger partial charge in [0.05, 0.1) is 0 Å². The van der Waals surface area contributed by atoms with Crippen LogP contribution >= 0.6 is 0 Å². The minimum absolute atomic E-state index is 0.0387. The molecule has 0 aromatic heterocycles. The fourth-order valence-electron chi connectivity index (χ4n) is 3.22. The molecular weight excluding hydrogens is 326 g/mol. The van der Waals surface area contributed by atoms with E-state index in [2.05, 4.69) is 17.3 Å². The highest BCUT2D eigenvalue weighted by atomic mass is 16.5. The summed E-state index contributed by atoms with van der Waals surface area (Å²) in [5.74, 6) is 0.805. The number of likely N-dealkylation sites (N-methyl/N-ethyl adjacent to an activating group) is 2. The molecule has 2 amide bonds. The summed E-state index contributed by atoms with van der Waals surface area (Å²) < 4.78 is 5.96. The van der Waals surface area contributed by atoms with Crippen molar-refractivity contribution < 1.29 is 9.53 Å². The van der Waals surface area contributed by atoms with E-state index in [9.17, 15) is 4.79 Å². The van der Waals surface area contributed by atoms with Gasteiger partial charge in [0.2, 0.25) is 0 Å². The summed E-state index contributed by atoms with van der Waals surface area (Å²) in [5, 5.41) is 3.02. The average molecular weight is 353 g/mol. The standard InChI is InChI=1S/C21H27N3O2/c1-23-13-12-19(15-23)24(2)21(25)22-14-18-10-6-7-11-20(18)26-16-17-8-4-3-5-9-17/h3-11,19H,12-16H2,1-2H3,(H,22,25)/t19-/m1/s1. The molecule has 1 aliphatic heterocycles. The quantitative estimate of drug-likeness (QED) is 0.868. The molecule has 0 saturated carbocycles. The zero-order valence-electron chi connectivity index (χ0n) is 15.5. The van der Waals surface area contributed by atoms with Crippen LogP contribution in [0.2, 0.25) is 0 Å². The number of likely N-dealkylation sites (tertiary alicyclic amines) is 1. The lowest BCUT2D eigenvalue weighted by molar-refractivity contribution is 0.190. The van der Waals surface area contributed by atoms with Crippen molar-refractivity contribution in [3.8, 4) is 5.75 Å². The molecule has 1 N–H and O–H groups in total. The van der Waals surface area contributed by atoms with Crippen LogP contribution < -0.4 is 10.1 Å². The van der Waals surface area contributed by atoms with Gasteiger partial charge in [-0.3, -0.25) is 0 Å². The summed E-state index contributed by atoms with van der Waals surface area (Å²) in [6.45, 7) is 2.94. The highest BCUT2D eigenvalue weighted by molar-refractivity contribution is 5.74. The first-order valence-electron chi connectivity index (χ1n) is 9.07. The predicted molar refractivity (Wildman–Crippen MR) is 103 cm³/mol. The number of urea groups is 1. The van der Waals surface area contributed by atoms with E-state index in [0.29, 0.717) is 13.2 Å². The van der Waals surface area contributed by atoms with E-state index in [1.807, 2.05) is 66.5 Å². The molecule has 26 heavy (non-hydrogen) atoms. The van der Waals surface area contributed by atoms with E-state index in [-0.39, 0.29) is 12.1 Å². The number of para-hydroxylation sites is 1. The smallest absolute Gasteiger partial charge is 0.317 e. The third kappa shape index (κ3) is 4.76. The normalized spacial score (nSPS) is 17.1. The molecule has 3 rings (SSSR count). The van der Waals surface area contributed by atoms with E-state index in [4.69, 9.17) is 4.74 Å². The van der Waals surface area contributed by atoms with Crippen molar-refractivity contribution in [2.45, 2.75) is 25.6 Å². The Balaban J connectivity index is 1.55. The van der Waals surface area contributed by atoms with Crippen LogP contribution in [0.15, 0.2) is 54.6 Å². The van der Waals surface area contributed by atoms with Gasteiger partial charge in [0.1, 0.15) is 12.4 Å². The van der Waals surface area contributed by atoms with Crippen LogP contribution in [0.3, 0.4) is 0 Å². The number of ether oxygens (including phenoxy) is 1. The Bertz CT molecular complexity index is 720. The first-order valence-corrected chi connectivity index (χ1v) is 9.07. The van der Waals surface area contributed by atoms with Gasteiger partial charge in [-0.25, -0.2) is 4.79 Å². The molecule has 0 bridgehead atoms. The number of amides is 2. The lowest BCUT2D eigenvalue weighted by Gasteiger charge is -2.25. The van der Waals surface area contributed by atoms with Gasteiger partial charge in [0.15, 0.2) is 0 Å². The van der Waals surface area contributed by atoms with Crippen molar-refractivity contribution >= 4 is 6.03 Å². The Morgan fingerprint density at radius 1 is 1.19 bits per heavy atom. The topological polar surface area (TPSA) is 44.8 Å². The average Bonchev–Trinajstić information content (AvgIpc) is 3.11. The van der Waals surface area contributed by atoms with Crippen molar-refractivity contribution in [2.75, 3.05) is 27.2 Å². The van der Waals surface area contributed by atoms with E-state index < -0.39 is 0 Å². The molecular formula is C21H27N3O2. The molecule has 1 atom stereocenters. The maximum absolute atomic E-state index is 12.5. The van der Waals surface area contributed by atoms with Crippen molar-refractivity contribution in [1.29, 1.82) is 0 Å². The maximum atomic E-state index is 12.5. The molecule has 5 heteroatoms. The minimum Gasteiger partial charge on any atom is -0.489 e. The summed E-state index contributed by atoms with van der Waals surface area (Å²) in [7, 11) is 3.96. The van der Waals surface area contributed by atoms with E-state index in [1.54, 1.807) is 0 Å². The number of rotatable bonds is 6. The largest absolute Gasteiger partial charge is 0.489 e. The Kier molecular flexibility index (Phi) is 6.12. The van der Waals surface area contributed by atoms with Gasteiger partial charge < -0.3 is 19.9 Å². The van der Waals surface area contributed by atoms with Crippen LogP contribution in [-0.4, -0.2) is 49.1 Å². The van der Waals surface area contributed by atoms with E-state index in [1.165, 1.54) is 0 Å². The Hall–Kier alpha value is -2.53. The van der Waals surface area contributed by atoms with Gasteiger partial charge in [0.25, 0.3) is 0 Å². The molecule has 1 aliphatic rings. The molecule has 0 spiro atoms. The molecule has 1 heterocycles. The third-order valence-corrected chi connectivity index (χ3v) is 4.87. The molecule has 2 aromatic carbocycles. The molecule has 138 valence electrons. The Morgan fingerprint density at radius 2 is 1.92 bits per heavy atom. The highest BCUT2D eigenvalue weighted by Crippen LogP contribution is 2.19. The van der Waals surface area contributed by atoms with Crippen LogP contribution in [0, 0.1) is 0 Å². The van der Waals surface area contributed by atoms with E-state index >= 15 is 0 Å². The zero-order chi connectivity index (χ0) is 18.4. The first kappa shape index (κ1) is 18.3. The van der Waals surface area contributed by atoms with Gasteiger partial charge in [-0.1, -0.05) is 48.5 Å². The predicted octanol–water partition coefficient (Wildman–Crippen LogP) is 3.11. The van der Waals surface area contributed by atoms with Crippen LogP contribution in [0.5, 0.6) is 5.75 Å². The summed E-state index contributed by atoms with van der Waals surface area (Å²) in [6.07, 6.45) is 1.02. The van der Waals surface area contributed by atoms with Gasteiger partial charge >= 0.3 is 6.03 Å². The number of carbonyl (C=O) groups is 1. The van der Waals surface area contributed by atoms with Crippen LogP contribution in [0.4, 0.5) is 4.79 Å². The van der Waals surface area contributed by atoms with Crippen molar-refractivity contribution in [3.05, 3.63) is 65.7 Å². The minimum atomic E-state index is -0.0387. The number of nitrogens with zero attached hydrogens (tertiary/aromatic N) is 2. The van der Waals surface area contributed by atoms with Crippen LogP contribution in [0.25, 0.3) is 0 Å². The number of carbonyl (C=O) groups excluding carboxylic acids is 1. The second-order valence-electron chi connectivity index (χ2n) is 6.86. The summed E-state index contributed by atoms with van der Waals surface area (Å²) in [5.41, 5.74) is 2.10. The van der Waals surface area contributed by atoms with Crippen LogP contribution in [-0.2, 0) is 13.2 Å². The fourth-order valence-corrected chi connectivity index (χ4v) is 3.22. The molecule has 0 unspecified atom stereocenters. The third-order valence-electron chi connectivity index (χ3n) is 4.87. The molecule has 1 saturated heterocycles. The van der Waals surface area contributed by atoms with Gasteiger partial charge in [-0.2, -0.15) is 0 Å². The molecule has 0 aliphatic carbocycles. The summed E-state index contributed by atoms with van der Waals surface area (Å²) in [4.78, 5) is 16.5. The summed E-state index contributed by atoms with van der Waals surface area (Å²) in [6, 6.07) is 18.2. The van der Waals surface area contributed by atoms with Crippen LogP contribution in [0.1, 0.15) is 17.5 Å². The van der Waals surface area contributed by atoms with Crippen molar-refractivity contribution in [1.82, 2.24) is 15.1 Å². The van der Waals surface area contributed by atoms with Gasteiger partial charge in [-0.15, -0.1) is 0 Å². The van der Waals surface area contributed by atoms with Crippen molar-refractivity contribution in [3.63, 3.8) is 0 Å². The number of hydrogen-bond acceptors (Lipinski definition) is 3. The number of benzene rings is 2. The fraction of sp³-hybridized carbons (Fsp3) is 0.381. The first-order chi connectivity index (χ1) is 12.6. The van der Waals surface area contributed by atoms with E-state index in [0.717, 1.165) is 36.4 Å². The van der Waals surface area contributed by atoms with Gasteiger partial charge in [0, 0.05) is 31.7 Å². The Morgan fingerprint density at radius 3 is 2.65 bits per heavy atom. The monoisotopic (exact) mass is 353 g/mol. The SMILES string of the molecule is CN1CC[C@@H](N(C)C(=O)NCc2ccccc2OCc2ccccc2)C1. The second kappa shape index (κ2) is 8.72. The van der Waals surface area contributed by atoms with Gasteiger partial charge in [-0.05, 0) is 31.6 Å². The molecule has 1 fully saturated rings. The molecule has 2 aromatic rings. The molecule has 0 radical (unpaired) electrons. The Labute approximate surface area is 155 Å². The zero-order valence-corrected chi connectivity index (χ0v) is 15.5.